The van der Waals surface area contributed by atoms with E-state index >= 15 is 0 Å². The van der Waals surface area contributed by atoms with Gasteiger partial charge in [-0.1, -0.05) is 47.0 Å². The lowest BCUT2D eigenvalue weighted by atomic mass is 9.80. The lowest BCUT2D eigenvalue weighted by Gasteiger charge is -2.46. The fraction of sp³-hybridized carbons (Fsp3) is 0.586. The molecule has 0 amide bonds. The molecular weight excluding hydrogens is 556 g/mol. The van der Waals surface area contributed by atoms with E-state index in [9.17, 15) is 13.2 Å². The van der Waals surface area contributed by atoms with Gasteiger partial charge in [-0.2, -0.15) is 0 Å². The Morgan fingerprint density at radius 1 is 1.07 bits per heavy atom. The molecule has 5 rings (SSSR count). The molecule has 1 fully saturated rings. The number of ether oxygens (including phenoxy) is 1. The SMILES string of the molecule is CCCOc1ccc(S(=O)(=O)NCC2(N(CC)CC)CCCCC2)cc1-c1nc2c([nH]1)c1nncn1c(=O)n2CCC. The van der Waals surface area contributed by atoms with Gasteiger partial charge in [-0.15, -0.1) is 10.2 Å². The summed E-state index contributed by atoms with van der Waals surface area (Å²) in [5.74, 6) is 0.893. The molecule has 3 heterocycles. The fourth-order valence-corrected chi connectivity index (χ4v) is 7.40. The van der Waals surface area contributed by atoms with Crippen LogP contribution in [0.4, 0.5) is 0 Å². The van der Waals surface area contributed by atoms with Crippen LogP contribution in [-0.2, 0) is 16.6 Å². The average Bonchev–Trinajstić information content (AvgIpc) is 3.66. The summed E-state index contributed by atoms with van der Waals surface area (Å²) in [6.07, 6.45) is 8.22. The molecule has 1 aliphatic rings. The first kappa shape index (κ1) is 30.2. The largest absolute Gasteiger partial charge is 0.493 e. The number of hydrogen-bond donors (Lipinski definition) is 2. The second-order valence-electron chi connectivity index (χ2n) is 11.0. The highest BCUT2D eigenvalue weighted by molar-refractivity contribution is 7.89. The Labute approximate surface area is 246 Å². The van der Waals surface area contributed by atoms with Crippen LogP contribution in [0.5, 0.6) is 5.75 Å². The number of aromatic amines is 1. The predicted molar refractivity (Wildman–Crippen MR) is 162 cm³/mol. The van der Waals surface area contributed by atoms with Gasteiger partial charge in [-0.25, -0.2) is 27.3 Å². The van der Waals surface area contributed by atoms with Crippen LogP contribution >= 0.6 is 0 Å². The number of rotatable bonds is 13. The summed E-state index contributed by atoms with van der Waals surface area (Å²) in [6.45, 7) is 11.3. The van der Waals surface area contributed by atoms with Crippen LogP contribution in [0.25, 0.3) is 28.2 Å². The van der Waals surface area contributed by atoms with Crippen LogP contribution in [0.15, 0.2) is 34.2 Å². The van der Waals surface area contributed by atoms with Gasteiger partial charge in [0.15, 0.2) is 11.3 Å². The highest BCUT2D eigenvalue weighted by Gasteiger charge is 2.37. The van der Waals surface area contributed by atoms with Crippen LogP contribution in [0.1, 0.15) is 72.6 Å². The van der Waals surface area contributed by atoms with Gasteiger partial charge in [-0.05, 0) is 57.0 Å². The molecule has 12 nitrogen and oxygen atoms in total. The molecule has 0 saturated heterocycles. The molecule has 1 saturated carbocycles. The van der Waals surface area contributed by atoms with Crippen molar-refractivity contribution >= 4 is 26.8 Å². The number of fused-ring (bicyclic) bond motifs is 3. The molecule has 13 heteroatoms. The van der Waals surface area contributed by atoms with Crippen LogP contribution in [-0.4, -0.2) is 74.2 Å². The molecule has 2 N–H and O–H groups in total. The number of nitrogens with one attached hydrogen (secondary N) is 2. The van der Waals surface area contributed by atoms with E-state index < -0.39 is 10.0 Å². The molecular formula is C29H42N8O4S. The van der Waals surface area contributed by atoms with Gasteiger partial charge in [0.25, 0.3) is 0 Å². The van der Waals surface area contributed by atoms with Gasteiger partial charge >= 0.3 is 5.69 Å². The standard InChI is InChI=1S/C29H42N8O4S/c1-5-16-36-26-24(27-34-30-20-37(27)28(36)38)32-25(33-26)22-18-21(12-13-23(22)41-17-6-2)42(39,40)31-19-29(35(7-3)8-4)14-10-9-11-15-29/h12-13,18,20,31H,5-11,14-17,19H2,1-4H3,(H,32,33). The zero-order chi connectivity index (χ0) is 29.9. The predicted octanol–water partition coefficient (Wildman–Crippen LogP) is 3.96. The van der Waals surface area contributed by atoms with Crippen molar-refractivity contribution in [2.45, 2.75) is 89.6 Å². The van der Waals surface area contributed by atoms with Crippen molar-refractivity contribution < 1.29 is 13.2 Å². The average molecular weight is 599 g/mol. The van der Waals surface area contributed by atoms with Crippen molar-refractivity contribution in [3.63, 3.8) is 0 Å². The second-order valence-corrected chi connectivity index (χ2v) is 12.8. The third-order valence-electron chi connectivity index (χ3n) is 8.38. The summed E-state index contributed by atoms with van der Waals surface area (Å²) in [5, 5.41) is 8.06. The maximum atomic E-state index is 13.8. The van der Waals surface area contributed by atoms with Gasteiger partial charge in [-0.3, -0.25) is 9.47 Å². The van der Waals surface area contributed by atoms with Gasteiger partial charge in [0.05, 0.1) is 17.1 Å². The summed E-state index contributed by atoms with van der Waals surface area (Å²) >= 11 is 0. The van der Waals surface area contributed by atoms with Crippen molar-refractivity contribution in [1.82, 2.24) is 38.8 Å². The maximum absolute atomic E-state index is 13.8. The highest BCUT2D eigenvalue weighted by Crippen LogP contribution is 2.35. The molecule has 1 aliphatic carbocycles. The Morgan fingerprint density at radius 2 is 1.83 bits per heavy atom. The minimum Gasteiger partial charge on any atom is -0.493 e. The van der Waals surface area contributed by atoms with Gasteiger partial charge in [0.1, 0.15) is 23.4 Å². The fourth-order valence-electron chi connectivity index (χ4n) is 6.26. The molecule has 0 bridgehead atoms. The van der Waals surface area contributed by atoms with Gasteiger partial charge in [0.2, 0.25) is 10.0 Å². The molecule has 3 aromatic heterocycles. The van der Waals surface area contributed by atoms with E-state index in [0.29, 0.717) is 53.6 Å². The number of sulfonamides is 1. The second kappa shape index (κ2) is 12.5. The summed E-state index contributed by atoms with van der Waals surface area (Å²) < 4.78 is 39.4. The molecule has 0 spiro atoms. The molecule has 1 aromatic carbocycles. The van der Waals surface area contributed by atoms with E-state index in [1.807, 2.05) is 13.8 Å². The number of aromatic nitrogens is 6. The smallest absolute Gasteiger partial charge is 0.336 e. The van der Waals surface area contributed by atoms with Crippen LogP contribution in [0, 0.1) is 0 Å². The monoisotopic (exact) mass is 598 g/mol. The van der Waals surface area contributed by atoms with E-state index in [0.717, 1.165) is 51.6 Å². The number of likely N-dealkylation sites (N-methyl/N-ethyl adjacent to an activating group) is 1. The lowest BCUT2D eigenvalue weighted by Crippen LogP contribution is -2.56. The van der Waals surface area contributed by atoms with Crippen molar-refractivity contribution in [1.29, 1.82) is 0 Å². The van der Waals surface area contributed by atoms with Crippen molar-refractivity contribution in [2.24, 2.45) is 0 Å². The van der Waals surface area contributed by atoms with E-state index in [4.69, 9.17) is 9.72 Å². The number of imidazole rings is 1. The minimum atomic E-state index is -3.85. The molecule has 0 aliphatic heterocycles. The first-order valence-corrected chi connectivity index (χ1v) is 16.6. The maximum Gasteiger partial charge on any atom is 0.336 e. The van der Waals surface area contributed by atoms with Gasteiger partial charge in [0, 0.05) is 18.6 Å². The Kier molecular flexibility index (Phi) is 9.00. The quantitative estimate of drug-likeness (QED) is 0.236. The number of H-pyrrole nitrogens is 1. The molecule has 42 heavy (non-hydrogen) atoms. The van der Waals surface area contributed by atoms with Crippen molar-refractivity contribution in [2.75, 3.05) is 26.2 Å². The summed E-state index contributed by atoms with van der Waals surface area (Å²) in [7, 11) is -3.85. The third kappa shape index (κ3) is 5.57. The first-order valence-electron chi connectivity index (χ1n) is 15.1. The molecule has 0 unspecified atom stereocenters. The summed E-state index contributed by atoms with van der Waals surface area (Å²) in [4.78, 5) is 23.7. The Bertz CT molecular complexity index is 1700. The van der Waals surface area contributed by atoms with Crippen LogP contribution in [0.2, 0.25) is 0 Å². The molecule has 228 valence electrons. The zero-order valence-corrected chi connectivity index (χ0v) is 25.8. The number of benzene rings is 1. The van der Waals surface area contributed by atoms with Gasteiger partial charge < -0.3 is 9.72 Å². The normalized spacial score (nSPS) is 15.6. The lowest BCUT2D eigenvalue weighted by molar-refractivity contribution is 0.0638. The zero-order valence-electron chi connectivity index (χ0n) is 25.0. The number of nitrogens with zero attached hydrogens (tertiary/aromatic N) is 6. The molecule has 0 atom stereocenters. The van der Waals surface area contributed by atoms with Crippen LogP contribution < -0.4 is 15.1 Å². The Balaban J connectivity index is 1.57. The highest BCUT2D eigenvalue weighted by atomic mass is 32.2. The number of hydrogen-bond acceptors (Lipinski definition) is 8. The molecule has 4 aromatic rings. The first-order chi connectivity index (χ1) is 20.3. The summed E-state index contributed by atoms with van der Waals surface area (Å²) in [6, 6.07) is 4.85. The molecule has 0 radical (unpaired) electrons. The van der Waals surface area contributed by atoms with E-state index in [2.05, 4.69) is 38.7 Å². The number of aryl methyl sites for hydroxylation is 1. The van der Waals surface area contributed by atoms with E-state index in [1.165, 1.54) is 17.1 Å². The van der Waals surface area contributed by atoms with Crippen molar-refractivity contribution in [3.05, 3.63) is 35.0 Å². The Hall–Kier alpha value is -3.29. The Morgan fingerprint density at radius 3 is 2.52 bits per heavy atom. The van der Waals surface area contributed by atoms with E-state index in [-0.39, 0.29) is 16.1 Å². The summed E-state index contributed by atoms with van der Waals surface area (Å²) in [5.41, 5.74) is 1.36. The van der Waals surface area contributed by atoms with Crippen molar-refractivity contribution in [3.8, 4) is 17.1 Å². The van der Waals surface area contributed by atoms with E-state index in [1.54, 1.807) is 22.8 Å². The third-order valence-corrected chi connectivity index (χ3v) is 9.78. The topological polar surface area (TPSA) is 140 Å². The van der Waals surface area contributed by atoms with Crippen LogP contribution in [0.3, 0.4) is 0 Å². The minimum absolute atomic E-state index is 0.130.